The van der Waals surface area contributed by atoms with Crippen LogP contribution in [-0.2, 0) is 18.3 Å². The Bertz CT molecular complexity index is 2730. The van der Waals surface area contributed by atoms with E-state index in [1.54, 1.807) is 5.57 Å². The zero-order chi connectivity index (χ0) is 35.3. The Morgan fingerprint density at radius 1 is 0.585 bits per heavy atom. The van der Waals surface area contributed by atoms with Crippen LogP contribution >= 0.6 is 0 Å². The lowest BCUT2D eigenvalue weighted by atomic mass is 9.80. The SMILES string of the molecule is CC1(C)C2=C(CCC=C2)c2cc(-n3c4c(c5c3CCC(C3=C(c6cccc7c6c6ccccc6n7-c6ccccc6)C=CCC3)=C5)CCC=C4)ccc21. The van der Waals surface area contributed by atoms with Gasteiger partial charge in [-0.1, -0.05) is 98.8 Å². The molecule has 0 radical (unpaired) electrons. The first kappa shape index (κ1) is 31.0. The second-order valence-corrected chi connectivity index (χ2v) is 16.1. The van der Waals surface area contributed by atoms with Crippen LogP contribution in [0.4, 0.5) is 0 Å². The molecule has 0 amide bonds. The lowest BCUT2D eigenvalue weighted by molar-refractivity contribution is 0.651. The largest absolute Gasteiger partial charge is 0.313 e. The molecule has 11 rings (SSSR count). The molecule has 2 heterocycles. The Morgan fingerprint density at radius 3 is 2.26 bits per heavy atom. The van der Waals surface area contributed by atoms with Crippen LogP contribution < -0.4 is 0 Å². The average molecular weight is 685 g/mol. The van der Waals surface area contributed by atoms with Crippen molar-refractivity contribution in [3.8, 4) is 11.4 Å². The van der Waals surface area contributed by atoms with Crippen LogP contribution in [0.3, 0.4) is 0 Å². The van der Waals surface area contributed by atoms with E-state index < -0.39 is 0 Å². The van der Waals surface area contributed by atoms with E-state index in [1.165, 1.54) is 94.7 Å². The van der Waals surface area contributed by atoms with Gasteiger partial charge in [-0.15, -0.1) is 0 Å². The summed E-state index contributed by atoms with van der Waals surface area (Å²) in [5.74, 6) is 0. The molecule has 0 aliphatic heterocycles. The van der Waals surface area contributed by atoms with E-state index >= 15 is 0 Å². The van der Waals surface area contributed by atoms with E-state index in [2.05, 4.69) is 157 Å². The van der Waals surface area contributed by atoms with Crippen molar-refractivity contribution >= 4 is 45.1 Å². The third-order valence-electron chi connectivity index (χ3n) is 12.9. The molecule has 2 heteroatoms. The summed E-state index contributed by atoms with van der Waals surface area (Å²) in [6.45, 7) is 4.81. The molecule has 0 N–H and O–H groups in total. The quantitative estimate of drug-likeness (QED) is 0.175. The van der Waals surface area contributed by atoms with Crippen molar-refractivity contribution in [3.63, 3.8) is 0 Å². The summed E-state index contributed by atoms with van der Waals surface area (Å²) in [6, 6.07) is 34.1. The fourth-order valence-corrected chi connectivity index (χ4v) is 10.5. The molecule has 0 atom stereocenters. The van der Waals surface area contributed by atoms with Gasteiger partial charge in [0.2, 0.25) is 0 Å². The van der Waals surface area contributed by atoms with Gasteiger partial charge in [0, 0.05) is 39.0 Å². The minimum absolute atomic E-state index is 0.0634. The van der Waals surface area contributed by atoms with E-state index in [0.29, 0.717) is 0 Å². The van der Waals surface area contributed by atoms with Gasteiger partial charge in [-0.3, -0.25) is 0 Å². The Balaban J connectivity index is 1.08. The predicted octanol–water partition coefficient (Wildman–Crippen LogP) is 13.1. The number of hydrogen-bond donors (Lipinski definition) is 0. The topological polar surface area (TPSA) is 9.86 Å². The molecule has 0 saturated heterocycles. The average Bonchev–Trinajstić information content (AvgIpc) is 3.81. The molecule has 6 aromatic rings. The highest BCUT2D eigenvalue weighted by Crippen LogP contribution is 2.51. The monoisotopic (exact) mass is 684 g/mol. The zero-order valence-corrected chi connectivity index (χ0v) is 30.8. The second-order valence-electron chi connectivity index (χ2n) is 16.1. The maximum atomic E-state index is 2.63. The molecule has 2 nitrogen and oxygen atoms in total. The highest BCUT2D eigenvalue weighted by molar-refractivity contribution is 6.15. The van der Waals surface area contributed by atoms with Crippen LogP contribution in [0.1, 0.15) is 91.6 Å². The Hall–Kier alpha value is -5.60. The zero-order valence-electron chi connectivity index (χ0n) is 30.8. The number of aromatic nitrogens is 2. The van der Waals surface area contributed by atoms with Crippen molar-refractivity contribution in [2.24, 2.45) is 0 Å². The summed E-state index contributed by atoms with van der Waals surface area (Å²) in [6.07, 6.45) is 25.8. The summed E-state index contributed by atoms with van der Waals surface area (Å²) in [7, 11) is 0. The van der Waals surface area contributed by atoms with Crippen LogP contribution in [0, 0.1) is 0 Å². The van der Waals surface area contributed by atoms with Gasteiger partial charge in [-0.2, -0.15) is 0 Å². The minimum atomic E-state index is 0.0634. The first-order valence-electron chi connectivity index (χ1n) is 19.7. The van der Waals surface area contributed by atoms with Crippen LogP contribution in [0.2, 0.25) is 0 Å². The number of rotatable bonds is 4. The van der Waals surface area contributed by atoms with Gasteiger partial charge in [-0.05, 0) is 156 Å². The summed E-state index contributed by atoms with van der Waals surface area (Å²) in [5.41, 5.74) is 22.8. The van der Waals surface area contributed by atoms with Gasteiger partial charge in [0.15, 0.2) is 0 Å². The van der Waals surface area contributed by atoms with Crippen LogP contribution in [-0.4, -0.2) is 9.13 Å². The van der Waals surface area contributed by atoms with Gasteiger partial charge >= 0.3 is 0 Å². The molecular weight excluding hydrogens is 641 g/mol. The van der Waals surface area contributed by atoms with Crippen molar-refractivity contribution in [2.45, 2.75) is 70.6 Å². The standard InChI is InChI=1S/C51H44N2/c1-51(2)44-23-11-8-19-38(44)42-32-35(28-29-45(42)51)53-46-24-12-9-20-39(46)43-31-33(27-30-48(43)53)36-17-6-7-18-37(36)40-22-14-26-49-50(40)41-21-10-13-25-47(41)52(49)34-15-4-3-5-16-34/h3-5,7,10-16,18,21-26,28-29,31-32H,6,8-9,17,19-20,27,30H2,1-2H3. The molecule has 2 aromatic heterocycles. The van der Waals surface area contributed by atoms with E-state index in [-0.39, 0.29) is 5.41 Å². The highest BCUT2D eigenvalue weighted by atomic mass is 15.0. The summed E-state index contributed by atoms with van der Waals surface area (Å²) in [5, 5.41) is 2.67. The van der Waals surface area contributed by atoms with Crippen LogP contribution in [0.25, 0.3) is 56.5 Å². The van der Waals surface area contributed by atoms with Crippen molar-refractivity contribution in [1.82, 2.24) is 9.13 Å². The molecule has 258 valence electrons. The highest BCUT2D eigenvalue weighted by Gasteiger charge is 2.37. The lowest BCUT2D eigenvalue weighted by Crippen LogP contribution is -2.16. The van der Waals surface area contributed by atoms with Gasteiger partial charge < -0.3 is 9.13 Å². The second kappa shape index (κ2) is 11.7. The van der Waals surface area contributed by atoms with E-state index in [9.17, 15) is 0 Å². The number of hydrogen-bond acceptors (Lipinski definition) is 0. The van der Waals surface area contributed by atoms with E-state index in [4.69, 9.17) is 0 Å². The molecular formula is C51H44N2. The number of allylic oxidation sites excluding steroid dienone is 10. The number of para-hydroxylation sites is 2. The fourth-order valence-electron chi connectivity index (χ4n) is 10.5. The Labute approximate surface area is 312 Å². The molecule has 4 aromatic carbocycles. The lowest BCUT2D eigenvalue weighted by Gasteiger charge is -2.25. The summed E-state index contributed by atoms with van der Waals surface area (Å²) in [4.78, 5) is 0. The van der Waals surface area contributed by atoms with Gasteiger partial charge in [0.05, 0.1) is 11.0 Å². The first-order valence-corrected chi connectivity index (χ1v) is 19.7. The molecule has 0 unspecified atom stereocenters. The third kappa shape index (κ3) is 4.51. The smallest absolute Gasteiger partial charge is 0.0547 e. The molecule has 53 heavy (non-hydrogen) atoms. The van der Waals surface area contributed by atoms with Gasteiger partial charge in [0.25, 0.3) is 0 Å². The molecule has 0 spiro atoms. The van der Waals surface area contributed by atoms with Gasteiger partial charge in [0.1, 0.15) is 0 Å². The molecule has 5 aliphatic carbocycles. The number of nitrogens with zero attached hydrogens (tertiary/aromatic N) is 2. The van der Waals surface area contributed by atoms with Crippen molar-refractivity contribution in [2.75, 3.05) is 0 Å². The van der Waals surface area contributed by atoms with Gasteiger partial charge in [-0.25, -0.2) is 0 Å². The first-order chi connectivity index (χ1) is 26.1. The Morgan fingerprint density at radius 2 is 1.36 bits per heavy atom. The normalized spacial score (nSPS) is 18.4. The predicted molar refractivity (Wildman–Crippen MR) is 224 cm³/mol. The molecule has 0 bridgehead atoms. The van der Waals surface area contributed by atoms with Crippen molar-refractivity contribution in [3.05, 3.63) is 177 Å². The van der Waals surface area contributed by atoms with E-state index in [0.717, 1.165) is 51.4 Å². The van der Waals surface area contributed by atoms with Crippen molar-refractivity contribution < 1.29 is 0 Å². The maximum Gasteiger partial charge on any atom is 0.0547 e. The summed E-state index contributed by atoms with van der Waals surface area (Å²) >= 11 is 0. The summed E-state index contributed by atoms with van der Waals surface area (Å²) < 4.78 is 5.07. The number of benzene rings is 4. The van der Waals surface area contributed by atoms with Crippen LogP contribution in [0.15, 0.2) is 138 Å². The van der Waals surface area contributed by atoms with Crippen LogP contribution in [0.5, 0.6) is 0 Å². The third-order valence-corrected chi connectivity index (χ3v) is 12.9. The fraction of sp³-hybridized carbons (Fsp3) is 0.216. The number of fused-ring (bicyclic) bond motifs is 8. The van der Waals surface area contributed by atoms with Crippen molar-refractivity contribution in [1.29, 1.82) is 0 Å². The van der Waals surface area contributed by atoms with E-state index in [1.807, 2.05) is 0 Å². The Kier molecular flexibility index (Phi) is 6.84. The molecule has 0 fully saturated rings. The maximum absolute atomic E-state index is 2.63. The minimum Gasteiger partial charge on any atom is -0.313 e. The molecule has 5 aliphatic rings. The molecule has 0 saturated carbocycles.